The van der Waals surface area contributed by atoms with Gasteiger partial charge in [0, 0.05) is 34.2 Å². The molecule has 182 valence electrons. The van der Waals surface area contributed by atoms with Gasteiger partial charge in [-0.1, -0.05) is 65.4 Å². The number of para-hydroxylation sites is 1. The molecule has 1 atom stereocenters. The molecule has 36 heavy (non-hydrogen) atoms. The molecule has 8 heteroatoms. The van der Waals surface area contributed by atoms with E-state index in [2.05, 4.69) is 16.1 Å². The summed E-state index contributed by atoms with van der Waals surface area (Å²) in [4.78, 5) is 32.0. The monoisotopic (exact) mass is 517 g/mol. The molecule has 0 amide bonds. The first kappa shape index (κ1) is 24.0. The SMILES string of the molecule is C=CCn1cc(/C=c2\sc3n(c2=O)[C@H](c2ccccc2Cl)C(C(=O)OCC)=C(C)N=3)c2ccccc21. The summed E-state index contributed by atoms with van der Waals surface area (Å²) in [7, 11) is 0. The lowest BCUT2D eigenvalue weighted by atomic mass is 9.96. The average Bonchev–Trinajstić information content (AvgIpc) is 3.36. The standard InChI is InChI=1S/C28H24ClN3O3S/c1-4-14-31-16-18(19-10-7-9-13-22(19)31)15-23-26(33)32-25(20-11-6-8-12-21(20)29)24(27(34)35-5-2)17(3)30-28(32)36-23/h4,6-13,15-16,25H,1,5,14H2,2-3H3/b23-15-/t25-/m1/s1. The smallest absolute Gasteiger partial charge is 0.338 e. The Kier molecular flexibility index (Phi) is 6.51. The van der Waals surface area contributed by atoms with E-state index in [0.717, 1.165) is 16.5 Å². The third-order valence-electron chi connectivity index (χ3n) is 6.15. The number of carbonyl (C=O) groups is 1. The number of carbonyl (C=O) groups excluding carboxylic acids is 1. The number of fused-ring (bicyclic) bond motifs is 2. The highest BCUT2D eigenvalue weighted by molar-refractivity contribution is 7.07. The second-order valence-electron chi connectivity index (χ2n) is 8.37. The number of nitrogens with zero attached hydrogens (tertiary/aromatic N) is 3. The Balaban J connectivity index is 1.76. The molecular weight excluding hydrogens is 494 g/mol. The van der Waals surface area contributed by atoms with Crippen molar-refractivity contribution in [2.24, 2.45) is 4.99 Å². The molecule has 2 aromatic heterocycles. The number of halogens is 1. The molecule has 1 aliphatic rings. The molecule has 0 radical (unpaired) electrons. The third-order valence-corrected chi connectivity index (χ3v) is 7.48. The molecule has 0 unspecified atom stereocenters. The number of ether oxygens (including phenoxy) is 1. The summed E-state index contributed by atoms with van der Waals surface area (Å²) in [6, 6.07) is 14.5. The van der Waals surface area contributed by atoms with Gasteiger partial charge in [-0.15, -0.1) is 6.58 Å². The quantitative estimate of drug-likeness (QED) is 0.277. The molecule has 0 fully saturated rings. The van der Waals surface area contributed by atoms with Gasteiger partial charge in [0.2, 0.25) is 0 Å². The summed E-state index contributed by atoms with van der Waals surface area (Å²) in [5, 5.41) is 1.50. The Morgan fingerprint density at radius 2 is 1.97 bits per heavy atom. The van der Waals surface area contributed by atoms with Crippen LogP contribution in [0.4, 0.5) is 0 Å². The number of hydrogen-bond donors (Lipinski definition) is 0. The summed E-state index contributed by atoms with van der Waals surface area (Å²) >= 11 is 7.86. The topological polar surface area (TPSA) is 65.6 Å². The molecule has 0 N–H and O–H groups in total. The van der Waals surface area contributed by atoms with Gasteiger partial charge in [-0.3, -0.25) is 9.36 Å². The number of benzene rings is 2. The highest BCUT2D eigenvalue weighted by Crippen LogP contribution is 2.34. The van der Waals surface area contributed by atoms with Gasteiger partial charge in [-0.2, -0.15) is 0 Å². The molecule has 4 aromatic rings. The van der Waals surface area contributed by atoms with Crippen molar-refractivity contribution in [3.05, 3.63) is 114 Å². The van der Waals surface area contributed by atoms with Crippen LogP contribution in [-0.4, -0.2) is 21.7 Å². The van der Waals surface area contributed by atoms with Crippen LogP contribution in [0.2, 0.25) is 5.02 Å². The van der Waals surface area contributed by atoms with Crippen molar-refractivity contribution < 1.29 is 9.53 Å². The van der Waals surface area contributed by atoms with E-state index in [4.69, 9.17) is 16.3 Å². The largest absolute Gasteiger partial charge is 0.463 e. The van der Waals surface area contributed by atoms with E-state index >= 15 is 0 Å². The Hall–Kier alpha value is -3.68. The van der Waals surface area contributed by atoms with Crippen LogP contribution < -0.4 is 14.9 Å². The Labute approximate surface area is 216 Å². The number of esters is 1. The van der Waals surface area contributed by atoms with Gasteiger partial charge in [-0.05, 0) is 37.6 Å². The van der Waals surface area contributed by atoms with Crippen LogP contribution in [0.5, 0.6) is 0 Å². The molecular formula is C28H24ClN3O3S. The number of hydrogen-bond acceptors (Lipinski definition) is 5. The summed E-state index contributed by atoms with van der Waals surface area (Å²) in [5.74, 6) is -0.509. The summed E-state index contributed by atoms with van der Waals surface area (Å²) in [6.07, 6.45) is 5.75. The van der Waals surface area contributed by atoms with Crippen LogP contribution in [0.1, 0.15) is 31.0 Å². The molecule has 3 heterocycles. The molecule has 1 aliphatic heterocycles. The normalized spacial score (nSPS) is 15.6. The average molecular weight is 518 g/mol. The lowest BCUT2D eigenvalue weighted by molar-refractivity contribution is -0.139. The molecule has 0 bridgehead atoms. The maximum absolute atomic E-state index is 13.9. The zero-order valence-electron chi connectivity index (χ0n) is 19.9. The molecule has 5 rings (SSSR count). The first-order valence-electron chi connectivity index (χ1n) is 11.6. The van der Waals surface area contributed by atoms with E-state index in [-0.39, 0.29) is 12.2 Å². The second-order valence-corrected chi connectivity index (χ2v) is 9.78. The molecule has 6 nitrogen and oxygen atoms in total. The first-order valence-corrected chi connectivity index (χ1v) is 12.8. The third kappa shape index (κ3) is 4.04. The van der Waals surface area contributed by atoms with Crippen molar-refractivity contribution in [3.63, 3.8) is 0 Å². The fraction of sp³-hybridized carbons (Fsp3) is 0.179. The van der Waals surface area contributed by atoms with Gasteiger partial charge in [0.1, 0.15) is 6.04 Å². The fourth-order valence-electron chi connectivity index (χ4n) is 4.60. The first-order chi connectivity index (χ1) is 17.4. The van der Waals surface area contributed by atoms with E-state index in [1.165, 1.54) is 11.3 Å². The molecule has 0 spiro atoms. The van der Waals surface area contributed by atoms with Crippen molar-refractivity contribution in [2.75, 3.05) is 6.61 Å². The van der Waals surface area contributed by atoms with Gasteiger partial charge in [0.15, 0.2) is 4.80 Å². The second kappa shape index (κ2) is 9.76. The Morgan fingerprint density at radius 3 is 2.72 bits per heavy atom. The van der Waals surface area contributed by atoms with Gasteiger partial charge in [0.25, 0.3) is 5.56 Å². The number of thiazole rings is 1. The Bertz CT molecular complexity index is 1720. The van der Waals surface area contributed by atoms with Crippen LogP contribution in [-0.2, 0) is 16.1 Å². The maximum atomic E-state index is 13.9. The van der Waals surface area contributed by atoms with Gasteiger partial charge in [0.05, 0.1) is 22.4 Å². The van der Waals surface area contributed by atoms with Crippen LogP contribution in [0, 0.1) is 0 Å². The minimum Gasteiger partial charge on any atom is -0.463 e. The number of aromatic nitrogens is 2. The van der Waals surface area contributed by atoms with Crippen molar-refractivity contribution >= 4 is 45.9 Å². The summed E-state index contributed by atoms with van der Waals surface area (Å²) < 4.78 is 9.52. The van der Waals surface area contributed by atoms with E-state index in [0.29, 0.717) is 37.7 Å². The predicted molar refractivity (Wildman–Crippen MR) is 144 cm³/mol. The van der Waals surface area contributed by atoms with Crippen molar-refractivity contribution in [3.8, 4) is 0 Å². The fourth-order valence-corrected chi connectivity index (χ4v) is 5.88. The number of allylic oxidation sites excluding steroid dienone is 2. The highest BCUT2D eigenvalue weighted by Gasteiger charge is 2.34. The van der Waals surface area contributed by atoms with Crippen molar-refractivity contribution in [1.29, 1.82) is 0 Å². The van der Waals surface area contributed by atoms with Crippen LogP contribution >= 0.6 is 22.9 Å². The van der Waals surface area contributed by atoms with E-state index in [1.54, 1.807) is 24.5 Å². The predicted octanol–water partition coefficient (Wildman–Crippen LogP) is 4.59. The lowest BCUT2D eigenvalue weighted by Crippen LogP contribution is -2.40. The van der Waals surface area contributed by atoms with Gasteiger partial charge < -0.3 is 9.30 Å². The molecule has 0 saturated heterocycles. The molecule has 2 aromatic carbocycles. The van der Waals surface area contributed by atoms with E-state index < -0.39 is 12.0 Å². The van der Waals surface area contributed by atoms with Crippen LogP contribution in [0.3, 0.4) is 0 Å². The maximum Gasteiger partial charge on any atom is 0.338 e. The van der Waals surface area contributed by atoms with E-state index in [1.807, 2.05) is 60.8 Å². The Morgan fingerprint density at radius 1 is 1.22 bits per heavy atom. The van der Waals surface area contributed by atoms with Crippen molar-refractivity contribution in [1.82, 2.24) is 9.13 Å². The number of rotatable bonds is 6. The highest BCUT2D eigenvalue weighted by atomic mass is 35.5. The zero-order chi connectivity index (χ0) is 25.4. The van der Waals surface area contributed by atoms with E-state index in [9.17, 15) is 9.59 Å². The molecule has 0 saturated carbocycles. The van der Waals surface area contributed by atoms with Crippen molar-refractivity contribution in [2.45, 2.75) is 26.4 Å². The minimum atomic E-state index is -0.738. The van der Waals surface area contributed by atoms with Gasteiger partial charge in [-0.25, -0.2) is 9.79 Å². The van der Waals surface area contributed by atoms with Crippen LogP contribution in [0.15, 0.2) is 88.4 Å². The lowest BCUT2D eigenvalue weighted by Gasteiger charge is -2.25. The summed E-state index contributed by atoms with van der Waals surface area (Å²) in [6.45, 7) is 8.23. The zero-order valence-corrected chi connectivity index (χ0v) is 21.5. The van der Waals surface area contributed by atoms with Gasteiger partial charge >= 0.3 is 5.97 Å². The van der Waals surface area contributed by atoms with Crippen LogP contribution in [0.25, 0.3) is 17.0 Å². The summed E-state index contributed by atoms with van der Waals surface area (Å²) in [5.41, 5.74) is 3.21. The molecule has 0 aliphatic carbocycles. The minimum absolute atomic E-state index is 0.212.